The first-order chi connectivity index (χ1) is 9.61. The van der Waals surface area contributed by atoms with Crippen LogP contribution in [0.5, 0.6) is 0 Å². The Balaban J connectivity index is 1.74. The molecule has 0 saturated carbocycles. The highest BCUT2D eigenvalue weighted by molar-refractivity contribution is 9.10. The van der Waals surface area contributed by atoms with Gasteiger partial charge < -0.3 is 5.32 Å². The third kappa shape index (κ3) is 3.07. The predicted octanol–water partition coefficient (Wildman–Crippen LogP) is 5.32. The number of aryl methyl sites for hydroxylation is 1. The molecule has 4 heteroatoms. The zero-order valence-corrected chi connectivity index (χ0v) is 14.0. The molecule has 1 N–H and O–H groups in total. The summed E-state index contributed by atoms with van der Waals surface area (Å²) in [5.41, 5.74) is 3.64. The maximum absolute atomic E-state index is 13.5. The number of benzene rings is 2. The summed E-state index contributed by atoms with van der Waals surface area (Å²) in [6, 6.07) is 12.0. The predicted molar refractivity (Wildman–Crippen MR) is 87.7 cm³/mol. The number of halogens is 3. The van der Waals surface area contributed by atoms with Crippen LogP contribution in [0.25, 0.3) is 0 Å². The Bertz CT molecular complexity index is 642. The Labute approximate surface area is 134 Å². The molecule has 0 amide bonds. The number of hydrogen-bond acceptors (Lipinski definition) is 1. The van der Waals surface area contributed by atoms with E-state index in [9.17, 15) is 4.39 Å². The molecule has 0 bridgehead atoms. The van der Waals surface area contributed by atoms with Crippen LogP contribution >= 0.6 is 31.9 Å². The third-order valence-electron chi connectivity index (χ3n) is 3.69. The normalized spacial score (nSPS) is 17.6. The molecule has 1 unspecified atom stereocenters. The monoisotopic (exact) mass is 397 g/mol. The fourth-order valence-corrected chi connectivity index (χ4v) is 3.32. The van der Waals surface area contributed by atoms with E-state index in [4.69, 9.17) is 0 Å². The van der Waals surface area contributed by atoms with Gasteiger partial charge in [-0.2, -0.15) is 0 Å². The van der Waals surface area contributed by atoms with Crippen molar-refractivity contribution in [1.29, 1.82) is 0 Å². The van der Waals surface area contributed by atoms with Crippen molar-refractivity contribution < 1.29 is 4.39 Å². The molecule has 1 aliphatic rings. The van der Waals surface area contributed by atoms with Crippen LogP contribution < -0.4 is 5.32 Å². The second-order valence-corrected chi connectivity index (χ2v) is 6.90. The molecule has 0 heterocycles. The molecule has 0 fully saturated rings. The summed E-state index contributed by atoms with van der Waals surface area (Å²) in [6.45, 7) is 0. The quantitative estimate of drug-likeness (QED) is 0.721. The maximum atomic E-state index is 13.5. The summed E-state index contributed by atoms with van der Waals surface area (Å²) in [7, 11) is 0. The zero-order chi connectivity index (χ0) is 14.1. The van der Waals surface area contributed by atoms with E-state index in [-0.39, 0.29) is 5.82 Å². The number of rotatable bonds is 2. The standard InChI is InChI=1S/C16H14Br2FN/c17-12-3-1-11-8-13(4-2-10(11)7-12)20-14-5-6-15(18)16(19)9-14/h1,3,5-7,9,13,20H,2,4,8H2. The summed E-state index contributed by atoms with van der Waals surface area (Å²) in [5, 5.41) is 3.43. The van der Waals surface area contributed by atoms with E-state index in [1.165, 1.54) is 11.1 Å². The highest BCUT2D eigenvalue weighted by Gasteiger charge is 2.18. The smallest absolute Gasteiger partial charge is 0.139 e. The lowest BCUT2D eigenvalue weighted by atomic mass is 9.88. The van der Waals surface area contributed by atoms with E-state index in [1.807, 2.05) is 6.07 Å². The van der Waals surface area contributed by atoms with Crippen molar-refractivity contribution in [1.82, 2.24) is 0 Å². The second-order valence-electron chi connectivity index (χ2n) is 5.13. The first kappa shape index (κ1) is 14.1. The van der Waals surface area contributed by atoms with Gasteiger partial charge in [0.05, 0.1) is 4.47 Å². The lowest BCUT2D eigenvalue weighted by Gasteiger charge is -2.26. The summed E-state index contributed by atoms with van der Waals surface area (Å²) in [4.78, 5) is 0. The molecule has 1 nitrogen and oxygen atoms in total. The Kier molecular flexibility index (Phi) is 4.13. The van der Waals surface area contributed by atoms with E-state index in [0.717, 1.165) is 29.4 Å². The van der Waals surface area contributed by atoms with E-state index in [1.54, 1.807) is 12.1 Å². The van der Waals surface area contributed by atoms with Crippen LogP contribution in [0, 0.1) is 5.82 Å². The SMILES string of the molecule is Fc1cc(NC2CCc3cc(Br)ccc3C2)ccc1Br. The minimum absolute atomic E-state index is 0.227. The van der Waals surface area contributed by atoms with Gasteiger partial charge in [0.15, 0.2) is 0 Å². The van der Waals surface area contributed by atoms with Crippen molar-refractivity contribution >= 4 is 37.5 Å². The fraction of sp³-hybridized carbons (Fsp3) is 0.250. The van der Waals surface area contributed by atoms with E-state index >= 15 is 0 Å². The lowest BCUT2D eigenvalue weighted by molar-refractivity contribution is 0.605. The van der Waals surface area contributed by atoms with Crippen molar-refractivity contribution in [3.05, 3.63) is 62.3 Å². The first-order valence-electron chi connectivity index (χ1n) is 6.61. The van der Waals surface area contributed by atoms with E-state index in [2.05, 4.69) is 55.4 Å². The topological polar surface area (TPSA) is 12.0 Å². The minimum atomic E-state index is -0.227. The molecule has 2 aromatic carbocycles. The van der Waals surface area contributed by atoms with Gasteiger partial charge in [-0.25, -0.2) is 4.39 Å². The highest BCUT2D eigenvalue weighted by Crippen LogP contribution is 2.27. The molecule has 3 rings (SSSR count). The van der Waals surface area contributed by atoms with Crippen LogP contribution in [-0.4, -0.2) is 6.04 Å². The van der Waals surface area contributed by atoms with Crippen LogP contribution in [0.3, 0.4) is 0 Å². The highest BCUT2D eigenvalue weighted by atomic mass is 79.9. The van der Waals surface area contributed by atoms with Crippen molar-refractivity contribution in [2.75, 3.05) is 5.32 Å². The number of hydrogen-bond donors (Lipinski definition) is 1. The van der Waals surface area contributed by atoms with Gasteiger partial charge in [0.25, 0.3) is 0 Å². The molecule has 104 valence electrons. The maximum Gasteiger partial charge on any atom is 0.139 e. The number of anilines is 1. The molecule has 0 radical (unpaired) electrons. The van der Waals surface area contributed by atoms with Crippen molar-refractivity contribution in [3.8, 4) is 0 Å². The number of fused-ring (bicyclic) bond motifs is 1. The lowest BCUT2D eigenvalue weighted by Crippen LogP contribution is -2.27. The average Bonchev–Trinajstić information content (AvgIpc) is 2.43. The Morgan fingerprint density at radius 2 is 1.90 bits per heavy atom. The summed E-state index contributed by atoms with van der Waals surface area (Å²) in [6.07, 6.45) is 3.12. The van der Waals surface area contributed by atoms with Crippen molar-refractivity contribution in [2.24, 2.45) is 0 Å². The van der Waals surface area contributed by atoms with Crippen molar-refractivity contribution in [2.45, 2.75) is 25.3 Å². The molecule has 1 atom stereocenters. The second kappa shape index (κ2) is 5.86. The van der Waals surface area contributed by atoms with Gasteiger partial charge in [0, 0.05) is 16.2 Å². The Morgan fingerprint density at radius 3 is 2.70 bits per heavy atom. The van der Waals surface area contributed by atoms with Crippen LogP contribution in [0.1, 0.15) is 17.5 Å². The fourth-order valence-electron chi connectivity index (χ4n) is 2.67. The van der Waals surface area contributed by atoms with Crippen LogP contribution in [0.2, 0.25) is 0 Å². The molecular formula is C16H14Br2FN. The summed E-state index contributed by atoms with van der Waals surface area (Å²) < 4.78 is 15.2. The molecule has 0 aliphatic heterocycles. The van der Waals surface area contributed by atoms with Gasteiger partial charge in [0.2, 0.25) is 0 Å². The largest absolute Gasteiger partial charge is 0.382 e. The van der Waals surface area contributed by atoms with E-state index in [0.29, 0.717) is 10.5 Å². The molecule has 0 spiro atoms. The minimum Gasteiger partial charge on any atom is -0.382 e. The Morgan fingerprint density at radius 1 is 1.05 bits per heavy atom. The van der Waals surface area contributed by atoms with Gasteiger partial charge in [-0.1, -0.05) is 22.0 Å². The number of nitrogens with one attached hydrogen (secondary N) is 1. The van der Waals surface area contributed by atoms with E-state index < -0.39 is 0 Å². The summed E-state index contributed by atoms with van der Waals surface area (Å²) >= 11 is 6.69. The molecule has 2 aromatic rings. The summed E-state index contributed by atoms with van der Waals surface area (Å²) in [5.74, 6) is -0.227. The van der Waals surface area contributed by atoms with Gasteiger partial charge in [-0.05, 0) is 76.7 Å². The van der Waals surface area contributed by atoms with Crippen LogP contribution in [0.15, 0.2) is 45.3 Å². The van der Waals surface area contributed by atoms with Crippen molar-refractivity contribution in [3.63, 3.8) is 0 Å². The molecule has 0 aromatic heterocycles. The third-order valence-corrected chi connectivity index (χ3v) is 4.82. The zero-order valence-electron chi connectivity index (χ0n) is 10.8. The molecular weight excluding hydrogens is 385 g/mol. The van der Waals surface area contributed by atoms with Gasteiger partial charge in [-0.3, -0.25) is 0 Å². The van der Waals surface area contributed by atoms with Crippen LogP contribution in [-0.2, 0) is 12.8 Å². The molecule has 1 aliphatic carbocycles. The average molecular weight is 399 g/mol. The Hall–Kier alpha value is -0.870. The molecule has 0 saturated heterocycles. The first-order valence-corrected chi connectivity index (χ1v) is 8.19. The van der Waals surface area contributed by atoms with Gasteiger partial charge in [0.1, 0.15) is 5.82 Å². The van der Waals surface area contributed by atoms with Gasteiger partial charge in [-0.15, -0.1) is 0 Å². The van der Waals surface area contributed by atoms with Crippen LogP contribution in [0.4, 0.5) is 10.1 Å². The van der Waals surface area contributed by atoms with Gasteiger partial charge >= 0.3 is 0 Å². The molecule has 20 heavy (non-hydrogen) atoms.